The minimum atomic E-state index is -0.870. The predicted molar refractivity (Wildman–Crippen MR) is 64.1 cm³/mol. The molecule has 1 aromatic carbocycles. The van der Waals surface area contributed by atoms with Crippen molar-refractivity contribution in [1.29, 1.82) is 0 Å². The van der Waals surface area contributed by atoms with Gasteiger partial charge in [0, 0.05) is 6.42 Å². The summed E-state index contributed by atoms with van der Waals surface area (Å²) >= 11 is 1.94. The molecule has 2 nitrogen and oxygen atoms in total. The van der Waals surface area contributed by atoms with Crippen molar-refractivity contribution < 1.29 is 14.3 Å². The lowest BCUT2D eigenvalue weighted by molar-refractivity contribution is -0.116. The third-order valence-electron chi connectivity index (χ3n) is 1.90. The van der Waals surface area contributed by atoms with Gasteiger partial charge in [-0.1, -0.05) is 34.7 Å². The molecular formula is C11H10FIO2. The van der Waals surface area contributed by atoms with Gasteiger partial charge in [-0.15, -0.1) is 0 Å². The highest BCUT2D eigenvalue weighted by atomic mass is 127. The number of halogens is 2. The molecule has 1 unspecified atom stereocenters. The Hall–Kier alpha value is -0.750. The Labute approximate surface area is 101 Å². The maximum Gasteiger partial charge on any atom is 0.159 e. The second-order valence-electron chi connectivity index (χ2n) is 3.03. The highest BCUT2D eigenvalue weighted by molar-refractivity contribution is 14.1. The lowest BCUT2D eigenvalue weighted by atomic mass is 10.0. The fourth-order valence-electron chi connectivity index (χ4n) is 1.13. The Bertz CT molecular complexity index is 359. The zero-order valence-electron chi connectivity index (χ0n) is 7.86. The van der Waals surface area contributed by atoms with E-state index in [4.69, 9.17) is 0 Å². The van der Waals surface area contributed by atoms with Gasteiger partial charge in [0.1, 0.15) is 5.82 Å². The standard InChI is InChI=1S/C11H10FIO2/c12-9-3-1-8(2-4-9)11(15)7-10(14)5-6-13/h1-6,11,15H,7H2/b6-5+. The maximum atomic E-state index is 12.6. The maximum absolute atomic E-state index is 12.6. The van der Waals surface area contributed by atoms with Gasteiger partial charge in [-0.05, 0) is 27.9 Å². The largest absolute Gasteiger partial charge is 0.388 e. The average Bonchev–Trinajstić information content (AvgIpc) is 2.18. The van der Waals surface area contributed by atoms with Gasteiger partial charge in [-0.2, -0.15) is 0 Å². The van der Waals surface area contributed by atoms with Crippen LogP contribution in [0.15, 0.2) is 34.4 Å². The molecule has 80 valence electrons. The second-order valence-corrected chi connectivity index (χ2v) is 3.75. The Morgan fingerprint density at radius 3 is 2.60 bits per heavy atom. The summed E-state index contributed by atoms with van der Waals surface area (Å²) in [4.78, 5) is 11.2. The molecule has 0 radical (unpaired) electrons. The summed E-state index contributed by atoms with van der Waals surface area (Å²) in [6, 6.07) is 5.47. The van der Waals surface area contributed by atoms with E-state index in [9.17, 15) is 14.3 Å². The Morgan fingerprint density at radius 2 is 2.07 bits per heavy atom. The van der Waals surface area contributed by atoms with E-state index in [1.165, 1.54) is 30.3 Å². The zero-order chi connectivity index (χ0) is 11.3. The van der Waals surface area contributed by atoms with Crippen molar-refractivity contribution in [3.8, 4) is 0 Å². The van der Waals surface area contributed by atoms with Crippen LogP contribution in [0.5, 0.6) is 0 Å². The summed E-state index contributed by atoms with van der Waals surface area (Å²) < 4.78 is 14.2. The highest BCUT2D eigenvalue weighted by Gasteiger charge is 2.10. The SMILES string of the molecule is O=C(/C=C/I)CC(O)c1ccc(F)cc1. The van der Waals surface area contributed by atoms with Crippen LogP contribution in [0.25, 0.3) is 0 Å². The van der Waals surface area contributed by atoms with E-state index < -0.39 is 6.10 Å². The summed E-state index contributed by atoms with van der Waals surface area (Å²) in [6.07, 6.45) is 0.545. The van der Waals surface area contributed by atoms with Crippen LogP contribution >= 0.6 is 22.6 Å². The molecule has 1 rings (SSSR count). The topological polar surface area (TPSA) is 37.3 Å². The number of rotatable bonds is 4. The predicted octanol–water partition coefficient (Wildman–Crippen LogP) is 2.77. The Kier molecular flexibility index (Phi) is 4.90. The monoisotopic (exact) mass is 320 g/mol. The first-order valence-electron chi connectivity index (χ1n) is 4.36. The van der Waals surface area contributed by atoms with Crippen LogP contribution in [0, 0.1) is 5.82 Å². The summed E-state index contributed by atoms with van der Waals surface area (Å²) in [5, 5.41) is 9.63. The van der Waals surface area contributed by atoms with Crippen molar-refractivity contribution in [2.24, 2.45) is 0 Å². The molecule has 0 bridgehead atoms. The number of ketones is 1. The van der Waals surface area contributed by atoms with E-state index in [1.54, 1.807) is 4.08 Å². The van der Waals surface area contributed by atoms with Crippen molar-refractivity contribution in [2.45, 2.75) is 12.5 Å². The average molecular weight is 320 g/mol. The van der Waals surface area contributed by atoms with Crippen LogP contribution in [-0.4, -0.2) is 10.9 Å². The van der Waals surface area contributed by atoms with E-state index in [-0.39, 0.29) is 18.0 Å². The molecule has 1 atom stereocenters. The van der Waals surface area contributed by atoms with Crippen LogP contribution in [0.4, 0.5) is 4.39 Å². The molecule has 1 aromatic rings. The fourth-order valence-corrected chi connectivity index (χ4v) is 1.53. The van der Waals surface area contributed by atoms with Gasteiger partial charge in [0.15, 0.2) is 5.78 Å². The fraction of sp³-hybridized carbons (Fsp3) is 0.182. The first-order valence-corrected chi connectivity index (χ1v) is 5.61. The lowest BCUT2D eigenvalue weighted by Gasteiger charge is -2.08. The minimum absolute atomic E-state index is 0.0190. The summed E-state index contributed by atoms with van der Waals surface area (Å²) in [7, 11) is 0. The normalized spacial score (nSPS) is 13.0. The van der Waals surface area contributed by atoms with Crippen molar-refractivity contribution in [3.05, 3.63) is 45.8 Å². The molecule has 0 amide bonds. The van der Waals surface area contributed by atoms with Crippen molar-refractivity contribution in [1.82, 2.24) is 0 Å². The second kappa shape index (κ2) is 5.97. The molecule has 0 saturated heterocycles. The summed E-state index contributed by atoms with van der Waals surface area (Å²) in [6.45, 7) is 0. The molecule has 1 N–H and O–H groups in total. The van der Waals surface area contributed by atoms with Gasteiger partial charge in [0.2, 0.25) is 0 Å². The van der Waals surface area contributed by atoms with Crippen LogP contribution in [0.3, 0.4) is 0 Å². The number of benzene rings is 1. The molecule has 0 saturated carbocycles. The number of hydrogen-bond donors (Lipinski definition) is 1. The number of allylic oxidation sites excluding steroid dienone is 1. The smallest absolute Gasteiger partial charge is 0.159 e. The molecule has 4 heteroatoms. The summed E-state index contributed by atoms with van der Waals surface area (Å²) in [5.74, 6) is -0.509. The van der Waals surface area contributed by atoms with E-state index in [2.05, 4.69) is 0 Å². The number of hydrogen-bond acceptors (Lipinski definition) is 2. The molecule has 0 aliphatic heterocycles. The molecular weight excluding hydrogens is 310 g/mol. The first-order chi connectivity index (χ1) is 7.13. The van der Waals surface area contributed by atoms with Gasteiger partial charge < -0.3 is 5.11 Å². The molecule has 0 aliphatic carbocycles. The Balaban J connectivity index is 2.64. The van der Waals surface area contributed by atoms with Crippen molar-refractivity contribution in [2.75, 3.05) is 0 Å². The van der Waals surface area contributed by atoms with Gasteiger partial charge in [-0.3, -0.25) is 4.79 Å². The van der Waals surface area contributed by atoms with E-state index >= 15 is 0 Å². The summed E-state index contributed by atoms with van der Waals surface area (Å²) in [5.41, 5.74) is 0.548. The van der Waals surface area contributed by atoms with E-state index in [0.717, 1.165) is 0 Å². The van der Waals surface area contributed by atoms with Crippen LogP contribution in [0.1, 0.15) is 18.1 Å². The number of aliphatic hydroxyl groups excluding tert-OH is 1. The molecule has 0 spiro atoms. The zero-order valence-corrected chi connectivity index (χ0v) is 10.0. The third-order valence-corrected chi connectivity index (χ3v) is 2.26. The van der Waals surface area contributed by atoms with E-state index in [1.807, 2.05) is 22.6 Å². The van der Waals surface area contributed by atoms with Crippen LogP contribution in [-0.2, 0) is 4.79 Å². The molecule has 0 aromatic heterocycles. The number of aliphatic hydroxyl groups is 1. The number of carbonyl (C=O) groups excluding carboxylic acids is 1. The molecule has 0 aliphatic rings. The highest BCUT2D eigenvalue weighted by Crippen LogP contribution is 2.17. The van der Waals surface area contributed by atoms with Crippen LogP contribution < -0.4 is 0 Å². The van der Waals surface area contributed by atoms with Gasteiger partial charge in [0.25, 0.3) is 0 Å². The number of carbonyl (C=O) groups is 1. The van der Waals surface area contributed by atoms with Crippen molar-refractivity contribution >= 4 is 28.4 Å². The third kappa shape index (κ3) is 4.09. The van der Waals surface area contributed by atoms with Gasteiger partial charge in [0.05, 0.1) is 6.10 Å². The van der Waals surface area contributed by atoms with Crippen LogP contribution in [0.2, 0.25) is 0 Å². The molecule has 0 fully saturated rings. The van der Waals surface area contributed by atoms with E-state index in [0.29, 0.717) is 5.56 Å². The van der Waals surface area contributed by atoms with Crippen molar-refractivity contribution in [3.63, 3.8) is 0 Å². The van der Waals surface area contributed by atoms with Gasteiger partial charge >= 0.3 is 0 Å². The molecule has 0 heterocycles. The minimum Gasteiger partial charge on any atom is -0.388 e. The molecule has 15 heavy (non-hydrogen) atoms. The van der Waals surface area contributed by atoms with Gasteiger partial charge in [-0.25, -0.2) is 4.39 Å². The first kappa shape index (κ1) is 12.3. The Morgan fingerprint density at radius 1 is 1.47 bits per heavy atom. The quantitative estimate of drug-likeness (QED) is 0.684. The lowest BCUT2D eigenvalue weighted by Crippen LogP contribution is -2.04.